The Morgan fingerprint density at radius 3 is 1.88 bits per heavy atom. The number of aryl methyl sites for hydroxylation is 1. The number of anilines is 1. The number of carbonyl (C=O) groups is 2. The summed E-state index contributed by atoms with van der Waals surface area (Å²) in [6, 6.07) is 14.3. The highest BCUT2D eigenvalue weighted by Crippen LogP contribution is 2.42. The van der Waals surface area contributed by atoms with Crippen LogP contribution >= 0.6 is 31.9 Å². The summed E-state index contributed by atoms with van der Waals surface area (Å²) >= 11 is 7.16. The van der Waals surface area contributed by atoms with Crippen LogP contribution in [0.4, 0.5) is 5.69 Å². The molecule has 0 unspecified atom stereocenters. The molecule has 3 aromatic rings. The molecular weight excluding hydrogens is 458 g/mol. The first kappa shape index (κ1) is 17.2. The standard InChI is InChI=1S/C21H13Br2NO2/c1-10-8-15(22)17(16(23)9-10)13-6-7-14-18(19(13)24)21(26)12-5-3-2-4-11(12)20(14)25/h2-9H,24H2,1H3. The number of ketones is 2. The van der Waals surface area contributed by atoms with Gasteiger partial charge in [0.1, 0.15) is 0 Å². The number of halogens is 2. The highest BCUT2D eigenvalue weighted by molar-refractivity contribution is 9.11. The summed E-state index contributed by atoms with van der Waals surface area (Å²) in [5.74, 6) is -0.385. The first-order valence-corrected chi connectivity index (χ1v) is 9.55. The number of carbonyl (C=O) groups excluding carboxylic acids is 2. The summed E-state index contributed by atoms with van der Waals surface area (Å²) in [6.45, 7) is 1.99. The van der Waals surface area contributed by atoms with Gasteiger partial charge in [0.2, 0.25) is 0 Å². The van der Waals surface area contributed by atoms with Crippen molar-refractivity contribution in [1.29, 1.82) is 0 Å². The minimum Gasteiger partial charge on any atom is -0.398 e. The first-order valence-electron chi connectivity index (χ1n) is 7.97. The Kier molecular flexibility index (Phi) is 4.09. The van der Waals surface area contributed by atoms with Gasteiger partial charge in [-0.25, -0.2) is 0 Å². The van der Waals surface area contributed by atoms with Crippen LogP contribution < -0.4 is 5.73 Å². The molecule has 4 rings (SSSR count). The summed E-state index contributed by atoms with van der Waals surface area (Å²) in [5.41, 5.74) is 10.8. The average Bonchev–Trinajstić information content (AvgIpc) is 2.60. The van der Waals surface area contributed by atoms with E-state index < -0.39 is 0 Å². The lowest BCUT2D eigenvalue weighted by molar-refractivity contribution is 0.0980. The van der Waals surface area contributed by atoms with Gasteiger partial charge in [-0.3, -0.25) is 9.59 Å². The van der Waals surface area contributed by atoms with Gasteiger partial charge in [0.25, 0.3) is 0 Å². The highest BCUT2D eigenvalue weighted by atomic mass is 79.9. The summed E-state index contributed by atoms with van der Waals surface area (Å²) in [5, 5.41) is 0. The molecule has 0 saturated heterocycles. The molecular formula is C21H13Br2NO2. The van der Waals surface area contributed by atoms with Crippen LogP contribution in [-0.4, -0.2) is 11.6 Å². The Morgan fingerprint density at radius 2 is 1.27 bits per heavy atom. The molecule has 3 nitrogen and oxygen atoms in total. The molecule has 0 heterocycles. The minimum atomic E-state index is -0.214. The number of nitrogens with two attached hydrogens (primary N) is 1. The van der Waals surface area contributed by atoms with Gasteiger partial charge >= 0.3 is 0 Å². The van der Waals surface area contributed by atoms with Gasteiger partial charge in [-0.05, 0) is 30.7 Å². The number of benzene rings is 3. The van der Waals surface area contributed by atoms with Gasteiger partial charge in [-0.15, -0.1) is 0 Å². The van der Waals surface area contributed by atoms with Crippen LogP contribution in [0.1, 0.15) is 37.4 Å². The largest absolute Gasteiger partial charge is 0.398 e. The molecule has 5 heteroatoms. The van der Waals surface area contributed by atoms with E-state index in [4.69, 9.17) is 5.73 Å². The monoisotopic (exact) mass is 469 g/mol. The molecule has 0 radical (unpaired) electrons. The summed E-state index contributed by atoms with van der Waals surface area (Å²) < 4.78 is 1.73. The fourth-order valence-electron chi connectivity index (χ4n) is 3.39. The fourth-order valence-corrected chi connectivity index (χ4v) is 5.23. The molecule has 2 N–H and O–H groups in total. The third-order valence-corrected chi connectivity index (χ3v) is 5.84. The Labute approximate surface area is 167 Å². The van der Waals surface area contributed by atoms with Gasteiger partial charge in [0.15, 0.2) is 11.6 Å². The number of fused-ring (bicyclic) bond motifs is 2. The molecule has 1 aliphatic carbocycles. The second-order valence-electron chi connectivity index (χ2n) is 6.26. The lowest BCUT2D eigenvalue weighted by atomic mass is 9.81. The van der Waals surface area contributed by atoms with E-state index in [0.717, 1.165) is 20.1 Å². The van der Waals surface area contributed by atoms with Gasteiger partial charge in [0.05, 0.1) is 11.3 Å². The first-order chi connectivity index (χ1) is 12.4. The van der Waals surface area contributed by atoms with Crippen LogP contribution in [0, 0.1) is 6.92 Å². The van der Waals surface area contributed by atoms with Crippen molar-refractivity contribution in [3.8, 4) is 11.1 Å². The average molecular weight is 471 g/mol. The van der Waals surface area contributed by atoms with Gasteiger partial charge < -0.3 is 5.73 Å². The summed E-state index contributed by atoms with van der Waals surface area (Å²) in [7, 11) is 0. The molecule has 0 bridgehead atoms. The van der Waals surface area contributed by atoms with Crippen molar-refractivity contribution in [3.63, 3.8) is 0 Å². The molecule has 3 aromatic carbocycles. The molecule has 0 atom stereocenters. The van der Waals surface area contributed by atoms with Crippen LogP contribution in [0.15, 0.2) is 57.5 Å². The molecule has 0 saturated carbocycles. The topological polar surface area (TPSA) is 60.2 Å². The minimum absolute atomic E-state index is 0.171. The highest BCUT2D eigenvalue weighted by Gasteiger charge is 2.32. The fraction of sp³-hybridized carbons (Fsp3) is 0.0476. The Bertz CT molecular complexity index is 1100. The number of hydrogen-bond acceptors (Lipinski definition) is 3. The second-order valence-corrected chi connectivity index (χ2v) is 7.97. The van der Waals surface area contributed by atoms with Crippen LogP contribution in [0.2, 0.25) is 0 Å². The zero-order chi connectivity index (χ0) is 18.6. The zero-order valence-electron chi connectivity index (χ0n) is 13.8. The zero-order valence-corrected chi connectivity index (χ0v) is 16.9. The van der Waals surface area contributed by atoms with Crippen LogP contribution in [-0.2, 0) is 0 Å². The Balaban J connectivity index is 2.00. The SMILES string of the molecule is Cc1cc(Br)c(-c2ccc3c(c2N)C(=O)c2ccccc2C3=O)c(Br)c1. The molecule has 26 heavy (non-hydrogen) atoms. The van der Waals surface area contributed by atoms with Crippen LogP contribution in [0.5, 0.6) is 0 Å². The van der Waals surface area contributed by atoms with E-state index in [1.165, 1.54) is 0 Å². The van der Waals surface area contributed by atoms with E-state index in [1.54, 1.807) is 36.4 Å². The van der Waals surface area contributed by atoms with E-state index in [9.17, 15) is 9.59 Å². The smallest absolute Gasteiger partial charge is 0.196 e. The molecule has 0 spiro atoms. The van der Waals surface area contributed by atoms with Crippen molar-refractivity contribution in [2.75, 3.05) is 5.73 Å². The quantitative estimate of drug-likeness (QED) is 0.371. The molecule has 1 aliphatic rings. The van der Waals surface area contributed by atoms with E-state index in [-0.39, 0.29) is 17.1 Å². The van der Waals surface area contributed by atoms with E-state index in [0.29, 0.717) is 27.9 Å². The number of rotatable bonds is 1. The van der Waals surface area contributed by atoms with E-state index >= 15 is 0 Å². The lowest BCUT2D eigenvalue weighted by Crippen LogP contribution is -2.22. The third-order valence-electron chi connectivity index (χ3n) is 4.59. The van der Waals surface area contributed by atoms with E-state index in [1.807, 2.05) is 19.1 Å². The maximum Gasteiger partial charge on any atom is 0.196 e. The molecule has 0 aromatic heterocycles. The predicted molar refractivity (Wildman–Crippen MR) is 110 cm³/mol. The number of hydrogen-bond donors (Lipinski definition) is 1. The number of nitrogen functional groups attached to an aromatic ring is 1. The molecule has 128 valence electrons. The van der Waals surface area contributed by atoms with Crippen LogP contribution in [0.25, 0.3) is 11.1 Å². The Hall–Kier alpha value is -2.24. The predicted octanol–water partition coefficient (Wildman–Crippen LogP) is 5.54. The third kappa shape index (κ3) is 2.46. The van der Waals surface area contributed by atoms with Crippen LogP contribution in [0.3, 0.4) is 0 Å². The summed E-state index contributed by atoms with van der Waals surface area (Å²) in [4.78, 5) is 25.8. The molecule has 0 amide bonds. The van der Waals surface area contributed by atoms with Gasteiger partial charge in [0, 0.05) is 36.8 Å². The Morgan fingerprint density at radius 1 is 0.731 bits per heavy atom. The molecule has 0 aliphatic heterocycles. The maximum atomic E-state index is 13.0. The molecule has 0 fully saturated rings. The van der Waals surface area contributed by atoms with Crippen molar-refractivity contribution < 1.29 is 9.59 Å². The van der Waals surface area contributed by atoms with Crippen molar-refractivity contribution in [2.24, 2.45) is 0 Å². The summed E-state index contributed by atoms with van der Waals surface area (Å²) in [6.07, 6.45) is 0. The lowest BCUT2D eigenvalue weighted by Gasteiger charge is -2.21. The van der Waals surface area contributed by atoms with E-state index in [2.05, 4.69) is 31.9 Å². The normalized spacial score (nSPS) is 12.7. The van der Waals surface area contributed by atoms with Gasteiger partial charge in [-0.2, -0.15) is 0 Å². The maximum absolute atomic E-state index is 13.0. The van der Waals surface area contributed by atoms with Crippen molar-refractivity contribution >= 4 is 49.1 Å². The second kappa shape index (κ2) is 6.18. The van der Waals surface area contributed by atoms with Crippen molar-refractivity contribution in [1.82, 2.24) is 0 Å². The van der Waals surface area contributed by atoms with Crippen molar-refractivity contribution in [2.45, 2.75) is 6.92 Å². The van der Waals surface area contributed by atoms with Gasteiger partial charge in [-0.1, -0.05) is 62.2 Å². The van der Waals surface area contributed by atoms with Crippen molar-refractivity contribution in [3.05, 3.63) is 85.3 Å².